The van der Waals surface area contributed by atoms with Gasteiger partial charge in [-0.05, 0) is 68.9 Å². The van der Waals surface area contributed by atoms with Gasteiger partial charge in [0.15, 0.2) is 0 Å². The van der Waals surface area contributed by atoms with E-state index in [4.69, 9.17) is 0 Å². The largest absolute Gasteiger partial charge is 0.352 e. The minimum absolute atomic E-state index is 0.0269. The Hall–Kier alpha value is -3.22. The van der Waals surface area contributed by atoms with Gasteiger partial charge in [0, 0.05) is 29.8 Å². The van der Waals surface area contributed by atoms with Crippen molar-refractivity contribution in [3.8, 4) is 0 Å². The van der Waals surface area contributed by atoms with E-state index >= 15 is 0 Å². The summed E-state index contributed by atoms with van der Waals surface area (Å²) in [6, 6.07) is 14.3. The van der Waals surface area contributed by atoms with Crippen LogP contribution in [0.15, 0.2) is 54.6 Å². The fourth-order valence-corrected chi connectivity index (χ4v) is 4.61. The number of likely N-dealkylation sites (tertiary alicyclic amines) is 1. The Bertz CT molecular complexity index is 973. The van der Waals surface area contributed by atoms with Gasteiger partial charge in [0.1, 0.15) is 11.9 Å². The summed E-state index contributed by atoms with van der Waals surface area (Å²) in [6.45, 7) is 0.492. The van der Waals surface area contributed by atoms with E-state index in [9.17, 15) is 18.8 Å². The van der Waals surface area contributed by atoms with Crippen LogP contribution in [0, 0.1) is 5.82 Å². The maximum Gasteiger partial charge on any atom is 0.254 e. The van der Waals surface area contributed by atoms with Gasteiger partial charge in [-0.25, -0.2) is 4.39 Å². The molecule has 7 heteroatoms. The van der Waals surface area contributed by atoms with Gasteiger partial charge in [0.25, 0.3) is 11.8 Å². The first kappa shape index (κ1) is 22.0. The number of nitrogens with zero attached hydrogens (tertiary/aromatic N) is 1. The average molecular weight is 438 g/mol. The molecule has 1 atom stereocenters. The molecule has 6 nitrogen and oxygen atoms in total. The molecule has 2 aliphatic rings. The smallest absolute Gasteiger partial charge is 0.254 e. The standard InChI is InChI=1S/C25H28FN3O3/c26-19-9-4-8-18(16-19)25(32)29-15-5-10-22(29)24(31)28-21-13-11-20(12-14-21)27-23(30)17-6-2-1-3-7-17/h1-4,6-9,16,20-22H,5,10-15H2,(H,27,30)(H,28,31)/t20?,21?,22-/m1/s1. The van der Waals surface area contributed by atoms with E-state index in [0.717, 1.165) is 32.1 Å². The lowest BCUT2D eigenvalue weighted by Gasteiger charge is -2.31. The van der Waals surface area contributed by atoms with Crippen molar-refractivity contribution in [2.75, 3.05) is 6.54 Å². The molecule has 2 fully saturated rings. The highest BCUT2D eigenvalue weighted by Crippen LogP contribution is 2.23. The summed E-state index contributed by atoms with van der Waals surface area (Å²) < 4.78 is 13.5. The number of hydrogen-bond donors (Lipinski definition) is 2. The summed E-state index contributed by atoms with van der Waals surface area (Å²) in [5.41, 5.74) is 0.909. The zero-order chi connectivity index (χ0) is 22.5. The topological polar surface area (TPSA) is 78.5 Å². The first-order valence-corrected chi connectivity index (χ1v) is 11.2. The number of carbonyl (C=O) groups excluding carboxylic acids is 3. The molecule has 2 N–H and O–H groups in total. The van der Waals surface area contributed by atoms with Crippen LogP contribution in [0.1, 0.15) is 59.2 Å². The summed E-state index contributed by atoms with van der Waals surface area (Å²) in [6.07, 6.45) is 4.49. The third kappa shape index (κ3) is 5.15. The lowest BCUT2D eigenvalue weighted by atomic mass is 9.90. The number of hydrogen-bond acceptors (Lipinski definition) is 3. The minimum atomic E-state index is -0.527. The van der Waals surface area contributed by atoms with E-state index in [0.29, 0.717) is 18.5 Å². The van der Waals surface area contributed by atoms with Crippen molar-refractivity contribution in [1.29, 1.82) is 0 Å². The van der Waals surface area contributed by atoms with Crippen molar-refractivity contribution in [2.45, 2.75) is 56.7 Å². The van der Waals surface area contributed by atoms with E-state index in [1.165, 1.54) is 18.2 Å². The molecule has 1 saturated heterocycles. The van der Waals surface area contributed by atoms with Crippen molar-refractivity contribution in [1.82, 2.24) is 15.5 Å². The SMILES string of the molecule is O=C(NC1CCC(NC(=O)[C@H]2CCCN2C(=O)c2cccc(F)c2)CC1)c1ccccc1. The van der Waals surface area contributed by atoms with Gasteiger partial charge in [-0.2, -0.15) is 0 Å². The van der Waals surface area contributed by atoms with Crippen LogP contribution in [0.25, 0.3) is 0 Å². The predicted octanol–water partition coefficient (Wildman–Crippen LogP) is 3.29. The van der Waals surface area contributed by atoms with Crippen molar-refractivity contribution >= 4 is 17.7 Å². The number of nitrogens with one attached hydrogen (secondary N) is 2. The van der Waals surface area contributed by atoms with Crippen molar-refractivity contribution < 1.29 is 18.8 Å². The van der Waals surface area contributed by atoms with Gasteiger partial charge < -0.3 is 15.5 Å². The highest BCUT2D eigenvalue weighted by atomic mass is 19.1. The van der Waals surface area contributed by atoms with Gasteiger partial charge in [-0.15, -0.1) is 0 Å². The Morgan fingerprint density at radius 3 is 2.16 bits per heavy atom. The number of benzene rings is 2. The third-order valence-electron chi connectivity index (χ3n) is 6.33. The van der Waals surface area contributed by atoms with Gasteiger partial charge in [0.2, 0.25) is 5.91 Å². The number of halogens is 1. The maximum atomic E-state index is 13.5. The second-order valence-electron chi connectivity index (χ2n) is 8.56. The van der Waals surface area contributed by atoms with Crippen LogP contribution in [0.5, 0.6) is 0 Å². The number of rotatable bonds is 5. The van der Waals surface area contributed by atoms with E-state index < -0.39 is 11.9 Å². The third-order valence-corrected chi connectivity index (χ3v) is 6.33. The average Bonchev–Trinajstić information content (AvgIpc) is 3.30. The Balaban J connectivity index is 1.28. The van der Waals surface area contributed by atoms with Gasteiger partial charge in [0.05, 0.1) is 0 Å². The molecule has 32 heavy (non-hydrogen) atoms. The second kappa shape index (κ2) is 9.94. The maximum absolute atomic E-state index is 13.5. The molecule has 1 saturated carbocycles. The van der Waals surface area contributed by atoms with Gasteiger partial charge in [-0.3, -0.25) is 14.4 Å². The second-order valence-corrected chi connectivity index (χ2v) is 8.56. The Morgan fingerprint density at radius 2 is 1.47 bits per heavy atom. The molecule has 2 aromatic rings. The summed E-state index contributed by atoms with van der Waals surface area (Å²) >= 11 is 0. The highest BCUT2D eigenvalue weighted by Gasteiger charge is 2.36. The Labute approximate surface area is 187 Å². The molecule has 1 aliphatic heterocycles. The molecule has 0 radical (unpaired) electrons. The van der Waals surface area contributed by atoms with Gasteiger partial charge in [-0.1, -0.05) is 24.3 Å². The molecule has 168 valence electrons. The van der Waals surface area contributed by atoms with Crippen LogP contribution >= 0.6 is 0 Å². The molecular formula is C25H28FN3O3. The summed E-state index contributed by atoms with van der Waals surface area (Å²) in [5, 5.41) is 6.17. The first-order chi connectivity index (χ1) is 15.5. The van der Waals surface area contributed by atoms with Crippen LogP contribution in [-0.2, 0) is 4.79 Å². The fraction of sp³-hybridized carbons (Fsp3) is 0.400. The molecule has 3 amide bonds. The highest BCUT2D eigenvalue weighted by molar-refractivity contribution is 5.98. The van der Waals surface area contributed by atoms with Crippen LogP contribution in [-0.4, -0.2) is 47.3 Å². The van der Waals surface area contributed by atoms with Crippen molar-refractivity contribution in [3.05, 3.63) is 71.5 Å². The van der Waals surface area contributed by atoms with Crippen molar-refractivity contribution in [3.63, 3.8) is 0 Å². The minimum Gasteiger partial charge on any atom is -0.352 e. The summed E-state index contributed by atoms with van der Waals surface area (Å²) in [5.74, 6) is -0.999. The number of carbonyl (C=O) groups is 3. The molecule has 0 unspecified atom stereocenters. The van der Waals surface area contributed by atoms with E-state index in [-0.39, 0.29) is 35.4 Å². The lowest BCUT2D eigenvalue weighted by molar-refractivity contribution is -0.125. The number of amides is 3. The predicted molar refractivity (Wildman–Crippen MR) is 119 cm³/mol. The summed E-state index contributed by atoms with van der Waals surface area (Å²) in [7, 11) is 0. The molecular weight excluding hydrogens is 409 g/mol. The van der Waals surface area contributed by atoms with Crippen LogP contribution in [0.4, 0.5) is 4.39 Å². The summed E-state index contributed by atoms with van der Waals surface area (Å²) in [4.78, 5) is 39.6. The molecule has 1 aliphatic carbocycles. The molecule has 4 rings (SSSR count). The fourth-order valence-electron chi connectivity index (χ4n) is 4.61. The van der Waals surface area contributed by atoms with Gasteiger partial charge >= 0.3 is 0 Å². The Morgan fingerprint density at radius 1 is 0.812 bits per heavy atom. The van der Waals surface area contributed by atoms with E-state index in [2.05, 4.69) is 10.6 Å². The quantitative estimate of drug-likeness (QED) is 0.754. The van der Waals surface area contributed by atoms with Crippen LogP contribution in [0.2, 0.25) is 0 Å². The Kier molecular flexibility index (Phi) is 6.83. The molecule has 0 aromatic heterocycles. The first-order valence-electron chi connectivity index (χ1n) is 11.2. The molecule has 0 spiro atoms. The monoisotopic (exact) mass is 437 g/mol. The zero-order valence-electron chi connectivity index (χ0n) is 17.9. The molecule has 2 aromatic carbocycles. The lowest BCUT2D eigenvalue weighted by Crippen LogP contribution is -2.50. The molecule has 0 bridgehead atoms. The van der Waals surface area contributed by atoms with Crippen LogP contribution < -0.4 is 10.6 Å². The molecule has 1 heterocycles. The van der Waals surface area contributed by atoms with E-state index in [1.807, 2.05) is 18.2 Å². The van der Waals surface area contributed by atoms with Crippen LogP contribution in [0.3, 0.4) is 0 Å². The van der Waals surface area contributed by atoms with Crippen molar-refractivity contribution in [2.24, 2.45) is 0 Å². The van der Waals surface area contributed by atoms with E-state index in [1.54, 1.807) is 23.1 Å². The zero-order valence-corrected chi connectivity index (χ0v) is 17.9. The normalized spacial score (nSPS) is 22.9.